The number of benzene rings is 1. The SMILES string of the molecule is O=C(Nc1nncs1)c1c(O)c2cccc3c2n(c1=O)CCC3. The number of para-hydroxylation sites is 1. The molecule has 0 atom stereocenters. The minimum Gasteiger partial charge on any atom is -0.506 e. The molecule has 4 rings (SSSR count). The van der Waals surface area contributed by atoms with Gasteiger partial charge in [-0.1, -0.05) is 23.5 Å². The van der Waals surface area contributed by atoms with Gasteiger partial charge in [0.15, 0.2) is 0 Å². The summed E-state index contributed by atoms with van der Waals surface area (Å²) in [7, 11) is 0. The highest BCUT2D eigenvalue weighted by Gasteiger charge is 2.25. The van der Waals surface area contributed by atoms with Gasteiger partial charge in [0.2, 0.25) is 5.13 Å². The standard InChI is InChI=1S/C15H12N4O3S/c20-12-9-5-1-3-8-4-2-6-19(11(8)9)14(22)10(12)13(21)17-15-18-16-7-23-15/h1,3,5,7,20H,2,4,6H2,(H,17,18,21). The van der Waals surface area contributed by atoms with Gasteiger partial charge in [-0.15, -0.1) is 10.2 Å². The van der Waals surface area contributed by atoms with Crippen LogP contribution in [0.25, 0.3) is 10.9 Å². The van der Waals surface area contributed by atoms with Crippen LogP contribution in [0.5, 0.6) is 5.75 Å². The van der Waals surface area contributed by atoms with Gasteiger partial charge in [-0.2, -0.15) is 0 Å². The van der Waals surface area contributed by atoms with Crippen LogP contribution in [0.3, 0.4) is 0 Å². The molecule has 8 heteroatoms. The summed E-state index contributed by atoms with van der Waals surface area (Å²) in [5, 5.41) is 21.1. The third-order valence-corrected chi connectivity index (χ3v) is 4.58. The van der Waals surface area contributed by atoms with E-state index in [-0.39, 0.29) is 16.4 Å². The Morgan fingerprint density at radius 2 is 2.26 bits per heavy atom. The van der Waals surface area contributed by atoms with Gasteiger partial charge in [0, 0.05) is 11.9 Å². The zero-order valence-corrected chi connectivity index (χ0v) is 12.8. The smallest absolute Gasteiger partial charge is 0.267 e. The summed E-state index contributed by atoms with van der Waals surface area (Å²) in [6.45, 7) is 0.533. The molecule has 2 N–H and O–H groups in total. The number of pyridine rings is 1. The average Bonchev–Trinajstić information content (AvgIpc) is 3.05. The first-order valence-corrected chi connectivity index (χ1v) is 7.99. The normalized spacial score (nSPS) is 13.2. The summed E-state index contributed by atoms with van der Waals surface area (Å²) in [5.41, 5.74) is 2.46. The number of nitrogens with zero attached hydrogens (tertiary/aromatic N) is 3. The second-order valence-corrected chi connectivity index (χ2v) is 6.13. The second kappa shape index (κ2) is 5.17. The zero-order chi connectivity index (χ0) is 16.0. The number of hydrogen-bond acceptors (Lipinski definition) is 6. The van der Waals surface area contributed by atoms with E-state index in [4.69, 9.17) is 0 Å². The lowest BCUT2D eigenvalue weighted by molar-refractivity contribution is 0.102. The van der Waals surface area contributed by atoms with Gasteiger partial charge in [0.1, 0.15) is 16.8 Å². The Balaban J connectivity index is 1.94. The van der Waals surface area contributed by atoms with E-state index in [1.54, 1.807) is 10.6 Å². The maximum Gasteiger partial charge on any atom is 0.267 e. The number of aryl methyl sites for hydroxylation is 2. The van der Waals surface area contributed by atoms with E-state index in [1.165, 1.54) is 5.51 Å². The summed E-state index contributed by atoms with van der Waals surface area (Å²) in [6.07, 6.45) is 1.68. The Hall–Kier alpha value is -2.74. The first-order chi connectivity index (χ1) is 11.2. The van der Waals surface area contributed by atoms with Crippen molar-refractivity contribution in [2.45, 2.75) is 19.4 Å². The predicted molar refractivity (Wildman–Crippen MR) is 86.1 cm³/mol. The van der Waals surface area contributed by atoms with Crippen LogP contribution >= 0.6 is 11.3 Å². The topological polar surface area (TPSA) is 97.1 Å². The summed E-state index contributed by atoms with van der Waals surface area (Å²) in [4.78, 5) is 25.1. The van der Waals surface area contributed by atoms with Crippen molar-refractivity contribution in [3.63, 3.8) is 0 Å². The Kier molecular flexibility index (Phi) is 3.12. The number of carbonyl (C=O) groups is 1. The lowest BCUT2D eigenvalue weighted by Gasteiger charge is -2.21. The Morgan fingerprint density at radius 1 is 1.39 bits per heavy atom. The third kappa shape index (κ3) is 2.10. The van der Waals surface area contributed by atoms with Gasteiger partial charge in [-0.25, -0.2) is 0 Å². The fraction of sp³-hybridized carbons (Fsp3) is 0.200. The highest BCUT2D eigenvalue weighted by atomic mass is 32.1. The minimum absolute atomic E-state index is 0.258. The van der Waals surface area contributed by atoms with Crippen molar-refractivity contribution in [2.24, 2.45) is 0 Å². The van der Waals surface area contributed by atoms with E-state index in [1.807, 2.05) is 12.1 Å². The molecule has 1 aliphatic heterocycles. The quantitative estimate of drug-likeness (QED) is 0.747. The van der Waals surface area contributed by atoms with Crippen molar-refractivity contribution < 1.29 is 9.90 Å². The predicted octanol–water partition coefficient (Wildman–Crippen LogP) is 1.76. The molecule has 0 spiro atoms. The molecule has 116 valence electrons. The molecule has 0 bridgehead atoms. The monoisotopic (exact) mass is 328 g/mol. The molecule has 0 unspecified atom stereocenters. The molecule has 23 heavy (non-hydrogen) atoms. The number of aromatic nitrogens is 3. The number of carbonyl (C=O) groups excluding carboxylic acids is 1. The maximum atomic E-state index is 12.7. The first kappa shape index (κ1) is 13.9. The fourth-order valence-electron chi connectivity index (χ4n) is 3.01. The molecule has 0 radical (unpaired) electrons. The van der Waals surface area contributed by atoms with E-state index in [9.17, 15) is 14.7 Å². The van der Waals surface area contributed by atoms with Crippen LogP contribution in [0.2, 0.25) is 0 Å². The number of aromatic hydroxyl groups is 1. The van der Waals surface area contributed by atoms with Crippen LogP contribution in [-0.2, 0) is 13.0 Å². The Labute approximate surface area is 134 Å². The number of amides is 1. The van der Waals surface area contributed by atoms with Gasteiger partial charge >= 0.3 is 0 Å². The van der Waals surface area contributed by atoms with E-state index >= 15 is 0 Å². The van der Waals surface area contributed by atoms with Gasteiger partial charge in [0.25, 0.3) is 11.5 Å². The van der Waals surface area contributed by atoms with Crippen LogP contribution in [0.1, 0.15) is 22.3 Å². The van der Waals surface area contributed by atoms with Crippen molar-refractivity contribution in [3.8, 4) is 5.75 Å². The number of anilines is 1. The molecule has 0 saturated heterocycles. The van der Waals surface area contributed by atoms with Gasteiger partial charge < -0.3 is 9.67 Å². The lowest BCUT2D eigenvalue weighted by atomic mass is 9.99. The largest absolute Gasteiger partial charge is 0.506 e. The number of rotatable bonds is 2. The van der Waals surface area contributed by atoms with Crippen molar-refractivity contribution in [1.82, 2.24) is 14.8 Å². The van der Waals surface area contributed by atoms with Crippen molar-refractivity contribution in [3.05, 3.63) is 45.2 Å². The van der Waals surface area contributed by atoms with Gasteiger partial charge in [-0.3, -0.25) is 14.9 Å². The molecule has 1 amide bonds. The van der Waals surface area contributed by atoms with Gasteiger partial charge in [-0.05, 0) is 24.5 Å². The van der Waals surface area contributed by atoms with E-state index < -0.39 is 11.5 Å². The van der Waals surface area contributed by atoms with Crippen LogP contribution in [-0.4, -0.2) is 25.8 Å². The van der Waals surface area contributed by atoms with Crippen molar-refractivity contribution in [1.29, 1.82) is 0 Å². The highest BCUT2D eigenvalue weighted by Crippen LogP contribution is 2.31. The molecule has 0 saturated carbocycles. The molecule has 7 nitrogen and oxygen atoms in total. The molecular weight excluding hydrogens is 316 g/mol. The molecule has 1 aromatic carbocycles. The fourth-order valence-corrected chi connectivity index (χ4v) is 3.45. The Morgan fingerprint density at radius 3 is 3.04 bits per heavy atom. The maximum absolute atomic E-state index is 12.7. The number of nitrogens with one attached hydrogen (secondary N) is 1. The van der Waals surface area contributed by atoms with Gasteiger partial charge in [0.05, 0.1) is 5.52 Å². The average molecular weight is 328 g/mol. The molecule has 3 heterocycles. The van der Waals surface area contributed by atoms with E-state index in [0.29, 0.717) is 17.4 Å². The second-order valence-electron chi connectivity index (χ2n) is 5.30. The summed E-state index contributed by atoms with van der Waals surface area (Å²) < 4.78 is 1.57. The molecule has 2 aromatic heterocycles. The van der Waals surface area contributed by atoms with Crippen molar-refractivity contribution in [2.75, 3.05) is 5.32 Å². The molecule has 3 aromatic rings. The van der Waals surface area contributed by atoms with E-state index in [2.05, 4.69) is 15.5 Å². The lowest BCUT2D eigenvalue weighted by Crippen LogP contribution is -2.31. The molecular formula is C15H12N4O3S. The highest BCUT2D eigenvalue weighted by molar-refractivity contribution is 7.13. The van der Waals surface area contributed by atoms with Crippen LogP contribution in [0, 0.1) is 0 Å². The van der Waals surface area contributed by atoms with Crippen LogP contribution in [0.4, 0.5) is 5.13 Å². The summed E-state index contributed by atoms with van der Waals surface area (Å²) in [5.74, 6) is -0.960. The van der Waals surface area contributed by atoms with Crippen molar-refractivity contribution >= 4 is 33.3 Å². The summed E-state index contributed by atoms with van der Waals surface area (Å²) >= 11 is 1.14. The summed E-state index contributed by atoms with van der Waals surface area (Å²) in [6, 6.07) is 5.49. The zero-order valence-electron chi connectivity index (χ0n) is 11.9. The van der Waals surface area contributed by atoms with E-state index in [0.717, 1.165) is 29.7 Å². The molecule has 0 fully saturated rings. The molecule has 0 aliphatic carbocycles. The van der Waals surface area contributed by atoms with Crippen LogP contribution in [0.15, 0.2) is 28.5 Å². The first-order valence-electron chi connectivity index (χ1n) is 7.11. The van der Waals surface area contributed by atoms with Crippen LogP contribution < -0.4 is 10.9 Å². The Bertz CT molecular complexity index is 979. The third-order valence-electron chi connectivity index (χ3n) is 3.98. The number of hydrogen-bond donors (Lipinski definition) is 2. The minimum atomic E-state index is -0.675. The molecule has 1 aliphatic rings.